The summed E-state index contributed by atoms with van der Waals surface area (Å²) in [6.07, 6.45) is 6.68. The highest BCUT2D eigenvalue weighted by molar-refractivity contribution is 5.89. The van der Waals surface area contributed by atoms with Crippen LogP contribution in [-0.2, 0) is 5.66 Å². The number of hydrogen-bond donors (Lipinski definition) is 0. The Morgan fingerprint density at radius 1 is 0.535 bits per heavy atom. The molecule has 5 aromatic carbocycles. The molecule has 0 aliphatic carbocycles. The number of benzene rings is 5. The van der Waals surface area contributed by atoms with Crippen molar-refractivity contribution in [2.45, 2.75) is 5.66 Å². The van der Waals surface area contributed by atoms with Crippen LogP contribution in [0, 0.1) is 0 Å². The van der Waals surface area contributed by atoms with E-state index in [1.54, 1.807) is 0 Å². The van der Waals surface area contributed by atoms with Crippen LogP contribution >= 0.6 is 0 Å². The Hall–Kier alpha value is -5.74. The van der Waals surface area contributed by atoms with Crippen molar-refractivity contribution in [3.05, 3.63) is 163 Å². The molecule has 0 saturated heterocycles. The van der Waals surface area contributed by atoms with Gasteiger partial charge in [-0.25, -0.2) is 0 Å². The van der Waals surface area contributed by atoms with Gasteiger partial charge in [0.25, 0.3) is 0 Å². The van der Waals surface area contributed by atoms with E-state index >= 15 is 0 Å². The summed E-state index contributed by atoms with van der Waals surface area (Å²) in [4.78, 5) is 0. The summed E-state index contributed by atoms with van der Waals surface area (Å²) in [7, 11) is 0. The van der Waals surface area contributed by atoms with Gasteiger partial charge in [-0.3, -0.25) is 0 Å². The fourth-order valence-electron chi connectivity index (χ4n) is 7.54. The highest BCUT2D eigenvalue weighted by atomic mass is 16.5. The van der Waals surface area contributed by atoms with Crippen LogP contribution in [0.5, 0.6) is 11.5 Å². The molecule has 0 N–H and O–H groups in total. The lowest BCUT2D eigenvalue weighted by molar-refractivity contribution is -0.987. The Balaban J connectivity index is 1.27. The third-order valence-corrected chi connectivity index (χ3v) is 9.32. The molecule has 43 heavy (non-hydrogen) atoms. The predicted octanol–water partition coefficient (Wildman–Crippen LogP) is 7.75. The smallest absolute Gasteiger partial charge is 0.447 e. The van der Waals surface area contributed by atoms with Crippen LogP contribution in [0.1, 0.15) is 11.1 Å². The van der Waals surface area contributed by atoms with Gasteiger partial charge in [0.05, 0.1) is 11.8 Å². The lowest BCUT2D eigenvalue weighted by Crippen LogP contribution is -2.73. The van der Waals surface area contributed by atoms with Gasteiger partial charge in [0.2, 0.25) is 11.9 Å². The summed E-state index contributed by atoms with van der Waals surface area (Å²) >= 11 is 0. The van der Waals surface area contributed by atoms with Gasteiger partial charge in [-0.2, -0.15) is 0 Å². The third-order valence-electron chi connectivity index (χ3n) is 9.32. The van der Waals surface area contributed by atoms with Gasteiger partial charge in [0.15, 0.2) is 17.3 Å². The zero-order valence-corrected chi connectivity index (χ0v) is 23.2. The lowest BCUT2D eigenvalue weighted by Gasteiger charge is -2.24. The van der Waals surface area contributed by atoms with E-state index in [-0.39, 0.29) is 0 Å². The van der Waals surface area contributed by atoms with Crippen LogP contribution < -0.4 is 14.0 Å². The van der Waals surface area contributed by atoms with Gasteiger partial charge in [-0.15, -0.1) is 9.25 Å². The van der Waals surface area contributed by atoms with Crippen molar-refractivity contribution in [1.29, 1.82) is 0 Å². The van der Waals surface area contributed by atoms with E-state index in [0.717, 1.165) is 17.2 Å². The maximum Gasteiger partial charge on any atom is 0.447 e. The van der Waals surface area contributed by atoms with Crippen LogP contribution in [0.25, 0.3) is 50.3 Å². The third kappa shape index (κ3) is 2.85. The highest BCUT2D eigenvalue weighted by Crippen LogP contribution is 2.57. The molecule has 0 saturated carbocycles. The van der Waals surface area contributed by atoms with Crippen LogP contribution in [0.4, 0.5) is 0 Å². The SMILES string of the molecule is c1ccc(-c2ccc(-c3ccc4[n+](c3)C35c6c(cccc6-n6ccc[n+]63)Oc3ccc(-c6ccccc6)c-4c35)cc2)cc1. The minimum absolute atomic E-state index is 0.613. The molecular weight excluding hydrogens is 526 g/mol. The Kier molecular flexibility index (Phi) is 4.35. The van der Waals surface area contributed by atoms with Crippen molar-refractivity contribution in [3.8, 4) is 61.8 Å². The number of pyridine rings is 1. The minimum Gasteiger partial charge on any atom is -0.455 e. The first kappa shape index (κ1) is 22.9. The summed E-state index contributed by atoms with van der Waals surface area (Å²) in [6, 6.07) is 47.6. The molecule has 10 rings (SSSR count). The van der Waals surface area contributed by atoms with Crippen molar-refractivity contribution in [2.75, 3.05) is 0 Å². The summed E-state index contributed by atoms with van der Waals surface area (Å²) < 4.78 is 13.8. The van der Waals surface area contributed by atoms with E-state index < -0.39 is 5.66 Å². The topological polar surface area (TPSA) is 21.9 Å². The summed E-state index contributed by atoms with van der Waals surface area (Å²) in [6.45, 7) is 0. The number of rotatable bonds is 3. The molecule has 3 aliphatic heterocycles. The van der Waals surface area contributed by atoms with Crippen molar-refractivity contribution in [1.82, 2.24) is 4.68 Å². The molecule has 4 nitrogen and oxygen atoms in total. The molecule has 3 aliphatic rings. The summed E-state index contributed by atoms with van der Waals surface area (Å²) in [5.74, 6) is 1.80. The van der Waals surface area contributed by atoms with Crippen LogP contribution in [0.3, 0.4) is 0 Å². The molecule has 5 heterocycles. The first-order chi connectivity index (χ1) is 21.3. The second-order valence-electron chi connectivity index (χ2n) is 11.4. The standard InChI is InChI=1S/C39H25N3O/c1-3-9-26(10-4-1)27-15-17-28(18-16-27)30-19-21-32-36-31(29-11-5-2-6-12-29)20-22-35-38(36)39(40(32)25-30)37-33(13-7-14-34(37)43-35)41-23-8-24-42(39)41/h1-25H/q+2. The minimum atomic E-state index is -0.613. The molecule has 1 atom stereocenters. The second-order valence-corrected chi connectivity index (χ2v) is 11.4. The van der Waals surface area contributed by atoms with Gasteiger partial charge in [-0.1, -0.05) is 91.0 Å². The van der Waals surface area contributed by atoms with Crippen LogP contribution in [0.15, 0.2) is 152 Å². The lowest BCUT2D eigenvalue weighted by atomic mass is 9.84. The fraction of sp³-hybridized carbons (Fsp3) is 0.0256. The van der Waals surface area contributed by atoms with E-state index in [0.29, 0.717) is 0 Å². The van der Waals surface area contributed by atoms with Crippen LogP contribution in [-0.4, -0.2) is 4.68 Å². The van der Waals surface area contributed by atoms with E-state index in [1.807, 2.05) is 0 Å². The van der Waals surface area contributed by atoms with E-state index in [9.17, 15) is 0 Å². The van der Waals surface area contributed by atoms with E-state index in [4.69, 9.17) is 4.74 Å². The number of fused-ring (bicyclic) bond motifs is 4. The number of ether oxygens (including phenoxy) is 1. The Morgan fingerprint density at radius 3 is 2.00 bits per heavy atom. The van der Waals surface area contributed by atoms with Gasteiger partial charge >= 0.3 is 5.66 Å². The first-order valence-electron chi connectivity index (χ1n) is 14.7. The molecule has 1 unspecified atom stereocenters. The average Bonchev–Trinajstić information content (AvgIpc) is 3.76. The van der Waals surface area contributed by atoms with E-state index in [2.05, 4.69) is 166 Å². The Labute approximate surface area is 248 Å². The molecular formula is C39H25N3O+2. The van der Waals surface area contributed by atoms with Crippen molar-refractivity contribution in [3.63, 3.8) is 0 Å². The van der Waals surface area contributed by atoms with Crippen molar-refractivity contribution in [2.24, 2.45) is 0 Å². The molecule has 0 amide bonds. The molecule has 200 valence electrons. The fourth-order valence-corrected chi connectivity index (χ4v) is 7.54. The molecule has 0 bridgehead atoms. The van der Waals surface area contributed by atoms with Gasteiger partial charge in [0.1, 0.15) is 17.2 Å². The second kappa shape index (κ2) is 8.17. The van der Waals surface area contributed by atoms with Gasteiger partial charge in [-0.05, 0) is 62.8 Å². The van der Waals surface area contributed by atoms with Crippen LogP contribution in [0.2, 0.25) is 0 Å². The monoisotopic (exact) mass is 551 g/mol. The quantitative estimate of drug-likeness (QED) is 0.206. The highest BCUT2D eigenvalue weighted by Gasteiger charge is 2.72. The maximum atomic E-state index is 6.71. The molecule has 0 radical (unpaired) electrons. The molecule has 0 fully saturated rings. The molecule has 7 aromatic rings. The van der Waals surface area contributed by atoms with Gasteiger partial charge < -0.3 is 4.74 Å². The Bertz CT molecular complexity index is 2250. The van der Waals surface area contributed by atoms with E-state index in [1.165, 1.54) is 55.8 Å². The number of nitrogens with zero attached hydrogens (tertiary/aromatic N) is 3. The summed E-state index contributed by atoms with van der Waals surface area (Å²) in [5.41, 5.74) is 12.5. The maximum absolute atomic E-state index is 6.71. The normalized spacial score (nSPS) is 16.2. The number of hydrogen-bond acceptors (Lipinski definition) is 1. The molecule has 4 heteroatoms. The Morgan fingerprint density at radius 2 is 1.21 bits per heavy atom. The van der Waals surface area contributed by atoms with Gasteiger partial charge in [0, 0.05) is 17.7 Å². The zero-order valence-electron chi connectivity index (χ0n) is 23.2. The van der Waals surface area contributed by atoms with Crippen molar-refractivity contribution < 1.29 is 14.0 Å². The largest absolute Gasteiger partial charge is 0.455 e. The van der Waals surface area contributed by atoms with Crippen molar-refractivity contribution >= 4 is 0 Å². The average molecular weight is 552 g/mol. The predicted molar refractivity (Wildman–Crippen MR) is 166 cm³/mol. The summed E-state index contributed by atoms with van der Waals surface area (Å²) in [5, 5.41) is 0. The molecule has 2 aromatic heterocycles. The first-order valence-corrected chi connectivity index (χ1v) is 14.7. The number of aromatic nitrogens is 3. The zero-order chi connectivity index (χ0) is 28.1. The molecule has 1 spiro atoms.